The van der Waals surface area contributed by atoms with E-state index in [1.165, 1.54) is 12.8 Å². The van der Waals surface area contributed by atoms with E-state index in [9.17, 15) is 0 Å². The van der Waals surface area contributed by atoms with Crippen LogP contribution in [0.2, 0.25) is 18.1 Å². The van der Waals surface area contributed by atoms with Crippen molar-refractivity contribution in [2.24, 2.45) is 0 Å². The fourth-order valence-electron chi connectivity index (χ4n) is 1.61. The first-order valence-electron chi connectivity index (χ1n) is 7.61. The van der Waals surface area contributed by atoms with Crippen LogP contribution in [-0.4, -0.2) is 34.4 Å². The van der Waals surface area contributed by atoms with Gasteiger partial charge in [0.15, 0.2) is 14.6 Å². The molecule has 1 rings (SSSR count). The van der Waals surface area contributed by atoms with Gasteiger partial charge in [-0.25, -0.2) is 0 Å². The molecule has 0 amide bonds. The minimum Gasteiger partial charge on any atom is -0.417 e. The molecule has 1 aliphatic heterocycles. The minimum atomic E-state index is -1.40. The zero-order valence-corrected chi connectivity index (χ0v) is 15.0. The minimum absolute atomic E-state index is 0.101. The van der Waals surface area contributed by atoms with Gasteiger partial charge in [0.05, 0.1) is 0 Å². The molecule has 1 aliphatic rings. The second kappa shape index (κ2) is 9.11. The van der Waals surface area contributed by atoms with Gasteiger partial charge in [-0.2, -0.15) is 0 Å². The molecule has 0 radical (unpaired) electrons. The Labute approximate surface area is 121 Å². The van der Waals surface area contributed by atoms with E-state index in [-0.39, 0.29) is 6.29 Å². The molecule has 0 aromatic carbocycles. The van der Waals surface area contributed by atoms with Gasteiger partial charge in [-0.1, -0.05) is 20.8 Å². The largest absolute Gasteiger partial charge is 0.417 e. The zero-order chi connectivity index (χ0) is 14.9. The Hall–Kier alpha value is 0.0969. The maximum atomic E-state index is 5.73. The summed E-state index contributed by atoms with van der Waals surface area (Å²) in [5.41, 5.74) is 0. The van der Waals surface area contributed by atoms with Crippen LogP contribution in [0, 0.1) is 0 Å². The molecule has 0 aliphatic carbocycles. The van der Waals surface area contributed by atoms with Crippen LogP contribution in [0.4, 0.5) is 0 Å². The normalized spacial score (nSPS) is 20.7. The third-order valence-corrected chi connectivity index (χ3v) is 8.42. The molecule has 116 valence electrons. The maximum Gasteiger partial charge on any atom is 0.191 e. The van der Waals surface area contributed by atoms with Crippen molar-refractivity contribution in [1.82, 2.24) is 0 Å². The van der Waals surface area contributed by atoms with Crippen molar-refractivity contribution in [2.45, 2.75) is 78.3 Å². The summed E-state index contributed by atoms with van der Waals surface area (Å²) in [6.45, 7) is 17.9. The van der Waals surface area contributed by atoms with Crippen molar-refractivity contribution in [3.63, 3.8) is 0 Å². The summed E-state index contributed by atoms with van der Waals surface area (Å²) in [6, 6.07) is 0. The molecule has 3 nitrogen and oxygen atoms in total. The van der Waals surface area contributed by atoms with Crippen LogP contribution in [0.25, 0.3) is 0 Å². The molecule has 0 N–H and O–H groups in total. The van der Waals surface area contributed by atoms with Gasteiger partial charge < -0.3 is 13.9 Å². The fraction of sp³-hybridized carbons (Fsp3) is 1.00. The highest BCUT2D eigenvalue weighted by atomic mass is 28.4. The Morgan fingerprint density at radius 2 is 1.74 bits per heavy atom. The molecule has 1 unspecified atom stereocenters. The smallest absolute Gasteiger partial charge is 0.191 e. The Morgan fingerprint density at radius 3 is 2.05 bits per heavy atom. The van der Waals surface area contributed by atoms with Crippen LogP contribution < -0.4 is 0 Å². The van der Waals surface area contributed by atoms with Crippen molar-refractivity contribution < 1.29 is 13.9 Å². The third-order valence-electron chi connectivity index (χ3n) is 3.80. The van der Waals surface area contributed by atoms with Crippen molar-refractivity contribution in [1.29, 1.82) is 0 Å². The molecular formula is C15H34O3Si. The van der Waals surface area contributed by atoms with E-state index in [2.05, 4.69) is 40.8 Å². The lowest BCUT2D eigenvalue weighted by Crippen LogP contribution is -2.40. The monoisotopic (exact) mass is 290 g/mol. The van der Waals surface area contributed by atoms with Gasteiger partial charge in [-0.15, -0.1) is 0 Å². The molecule has 0 bridgehead atoms. The summed E-state index contributed by atoms with van der Waals surface area (Å²) in [4.78, 5) is 0. The van der Waals surface area contributed by atoms with Gasteiger partial charge in [-0.3, -0.25) is 0 Å². The summed E-state index contributed by atoms with van der Waals surface area (Å²) in [6.07, 6.45) is 3.63. The quantitative estimate of drug-likeness (QED) is 0.709. The van der Waals surface area contributed by atoms with Crippen molar-refractivity contribution in [3.8, 4) is 0 Å². The summed E-state index contributed by atoms with van der Waals surface area (Å²) in [5.74, 6) is 0. The van der Waals surface area contributed by atoms with E-state index in [1.54, 1.807) is 0 Å². The molecule has 1 heterocycles. The second-order valence-electron chi connectivity index (χ2n) is 6.44. The van der Waals surface area contributed by atoms with E-state index < -0.39 is 8.32 Å². The summed E-state index contributed by atoms with van der Waals surface area (Å²) < 4.78 is 16.3. The molecule has 0 aromatic rings. The second-order valence-corrected chi connectivity index (χ2v) is 11.3. The van der Waals surface area contributed by atoms with E-state index >= 15 is 0 Å². The molecule has 19 heavy (non-hydrogen) atoms. The maximum absolute atomic E-state index is 5.73. The third kappa shape index (κ3) is 8.08. The highest BCUT2D eigenvalue weighted by molar-refractivity contribution is 6.74. The van der Waals surface area contributed by atoms with Gasteiger partial charge in [0.2, 0.25) is 0 Å². The molecule has 1 atom stereocenters. The first kappa shape index (κ1) is 19.1. The zero-order valence-electron chi connectivity index (χ0n) is 14.0. The van der Waals surface area contributed by atoms with Crippen LogP contribution >= 0.6 is 0 Å². The van der Waals surface area contributed by atoms with Gasteiger partial charge in [-0.05, 0) is 51.2 Å². The van der Waals surface area contributed by atoms with Crippen molar-refractivity contribution >= 4 is 8.32 Å². The lowest BCUT2D eigenvalue weighted by Gasteiger charge is -2.35. The highest BCUT2D eigenvalue weighted by Crippen LogP contribution is 2.36. The SMILES string of the molecule is CCOC1CCCCO1.CCO[Si](C)(C)C(C)(C)C. The van der Waals surface area contributed by atoms with Crippen LogP contribution in [-0.2, 0) is 13.9 Å². The van der Waals surface area contributed by atoms with E-state index in [1.807, 2.05) is 6.92 Å². The Kier molecular flexibility index (Phi) is 9.16. The predicted molar refractivity (Wildman–Crippen MR) is 84.0 cm³/mol. The average molecular weight is 291 g/mol. The first-order chi connectivity index (χ1) is 8.74. The molecule has 1 saturated heterocycles. The van der Waals surface area contributed by atoms with Gasteiger partial charge in [0.25, 0.3) is 0 Å². The van der Waals surface area contributed by atoms with E-state index in [4.69, 9.17) is 13.9 Å². The lowest BCUT2D eigenvalue weighted by atomic mass is 10.2. The van der Waals surface area contributed by atoms with Crippen LogP contribution in [0.5, 0.6) is 0 Å². The molecule has 0 spiro atoms. The van der Waals surface area contributed by atoms with Crippen LogP contribution in [0.1, 0.15) is 53.9 Å². The van der Waals surface area contributed by atoms with Crippen molar-refractivity contribution in [2.75, 3.05) is 19.8 Å². The highest BCUT2D eigenvalue weighted by Gasteiger charge is 2.36. The van der Waals surface area contributed by atoms with E-state index in [0.717, 1.165) is 26.2 Å². The van der Waals surface area contributed by atoms with Crippen LogP contribution in [0.3, 0.4) is 0 Å². The summed E-state index contributed by atoms with van der Waals surface area (Å²) in [5, 5.41) is 0.364. The standard InChI is InChI=1S/C8H20OSi.C7H14O2/c1-7-9-10(5,6)8(2,3)4;1-2-8-7-5-3-4-6-9-7/h7H2,1-6H3;7H,2-6H2,1H3. The first-order valence-corrected chi connectivity index (χ1v) is 10.5. The van der Waals surface area contributed by atoms with Gasteiger partial charge in [0.1, 0.15) is 0 Å². The van der Waals surface area contributed by atoms with Crippen molar-refractivity contribution in [3.05, 3.63) is 0 Å². The predicted octanol–water partition coefficient (Wildman–Crippen LogP) is 4.58. The fourth-order valence-corrected chi connectivity index (χ4v) is 2.76. The molecule has 1 fully saturated rings. The molecule has 0 aromatic heterocycles. The Morgan fingerprint density at radius 1 is 1.11 bits per heavy atom. The number of rotatable bonds is 4. The molecule has 4 heteroatoms. The average Bonchev–Trinajstić information content (AvgIpc) is 2.30. The van der Waals surface area contributed by atoms with E-state index in [0.29, 0.717) is 5.04 Å². The van der Waals surface area contributed by atoms with Gasteiger partial charge >= 0.3 is 0 Å². The summed E-state index contributed by atoms with van der Waals surface area (Å²) in [7, 11) is -1.40. The summed E-state index contributed by atoms with van der Waals surface area (Å²) >= 11 is 0. The Bertz CT molecular complexity index is 215. The van der Waals surface area contributed by atoms with Crippen LogP contribution in [0.15, 0.2) is 0 Å². The Balaban J connectivity index is 0.000000342. The van der Waals surface area contributed by atoms with Gasteiger partial charge in [0, 0.05) is 19.8 Å². The molecular weight excluding hydrogens is 256 g/mol. The molecule has 0 saturated carbocycles. The topological polar surface area (TPSA) is 27.7 Å². The number of ether oxygens (including phenoxy) is 2. The lowest BCUT2D eigenvalue weighted by molar-refractivity contribution is -0.159. The number of hydrogen-bond donors (Lipinski definition) is 0. The number of hydrogen-bond acceptors (Lipinski definition) is 3.